The zero-order valence-corrected chi connectivity index (χ0v) is 15.8. The number of rotatable bonds is 7. The average Bonchev–Trinajstić information content (AvgIpc) is 2.66. The summed E-state index contributed by atoms with van der Waals surface area (Å²) >= 11 is 5.23. The molecule has 2 rings (SSSR count). The van der Waals surface area contributed by atoms with Gasteiger partial charge in [0.25, 0.3) is 5.91 Å². The average molecular weight is 374 g/mol. The number of benzene rings is 2. The Morgan fingerprint density at radius 1 is 1.04 bits per heavy atom. The summed E-state index contributed by atoms with van der Waals surface area (Å²) in [5.41, 5.74) is 1.10. The van der Waals surface area contributed by atoms with E-state index in [0.29, 0.717) is 35.1 Å². The third kappa shape index (κ3) is 5.10. The van der Waals surface area contributed by atoms with E-state index in [1.807, 2.05) is 13.0 Å². The Hall–Kier alpha value is -2.80. The van der Waals surface area contributed by atoms with Crippen molar-refractivity contribution < 1.29 is 19.0 Å². The van der Waals surface area contributed by atoms with Crippen molar-refractivity contribution in [2.75, 3.05) is 26.1 Å². The molecular formula is C19H22N2O4S. The largest absolute Gasteiger partial charge is 0.493 e. The van der Waals surface area contributed by atoms with Crippen molar-refractivity contribution in [1.29, 1.82) is 0 Å². The van der Waals surface area contributed by atoms with Crippen molar-refractivity contribution in [3.05, 3.63) is 48.0 Å². The smallest absolute Gasteiger partial charge is 0.261 e. The second-order valence-corrected chi connectivity index (χ2v) is 5.73. The van der Waals surface area contributed by atoms with E-state index in [-0.39, 0.29) is 11.0 Å². The fourth-order valence-corrected chi connectivity index (χ4v) is 2.45. The van der Waals surface area contributed by atoms with Gasteiger partial charge in [-0.05, 0) is 42.9 Å². The summed E-state index contributed by atoms with van der Waals surface area (Å²) in [7, 11) is 3.11. The molecule has 2 N–H and O–H groups in total. The van der Waals surface area contributed by atoms with Crippen LogP contribution in [0.4, 0.5) is 5.69 Å². The molecule has 0 atom stereocenters. The first-order valence-corrected chi connectivity index (χ1v) is 8.56. The standard InChI is InChI=1S/C19H22N2O4S/c1-4-11-25-15-8-6-5-7-14(15)18(22)21-19(26)20-13-9-10-16(23-2)17(12-13)24-3/h5-10,12H,4,11H2,1-3H3,(H2,20,21,22,26). The van der Waals surface area contributed by atoms with Gasteiger partial charge in [-0.2, -0.15) is 0 Å². The molecule has 0 fully saturated rings. The molecule has 0 spiro atoms. The number of para-hydroxylation sites is 1. The molecule has 0 bridgehead atoms. The summed E-state index contributed by atoms with van der Waals surface area (Å²) in [5.74, 6) is 1.36. The molecule has 26 heavy (non-hydrogen) atoms. The number of hydrogen-bond acceptors (Lipinski definition) is 5. The summed E-state index contributed by atoms with van der Waals surface area (Å²) in [6, 6.07) is 12.3. The molecule has 0 saturated heterocycles. The van der Waals surface area contributed by atoms with Gasteiger partial charge in [-0.3, -0.25) is 10.1 Å². The number of hydrogen-bond donors (Lipinski definition) is 2. The van der Waals surface area contributed by atoms with Gasteiger partial charge in [0.1, 0.15) is 5.75 Å². The maximum Gasteiger partial charge on any atom is 0.261 e. The minimum absolute atomic E-state index is 0.174. The van der Waals surface area contributed by atoms with E-state index in [0.717, 1.165) is 6.42 Å². The summed E-state index contributed by atoms with van der Waals surface area (Å²) in [4.78, 5) is 12.5. The quantitative estimate of drug-likeness (QED) is 0.722. The van der Waals surface area contributed by atoms with Gasteiger partial charge in [0.05, 0.1) is 26.4 Å². The van der Waals surface area contributed by atoms with E-state index in [1.54, 1.807) is 50.6 Å². The SMILES string of the molecule is CCCOc1ccccc1C(=O)NC(=S)Nc1ccc(OC)c(OC)c1. The summed E-state index contributed by atoms with van der Waals surface area (Å²) in [5, 5.41) is 5.78. The van der Waals surface area contributed by atoms with E-state index >= 15 is 0 Å². The molecule has 7 heteroatoms. The second-order valence-electron chi connectivity index (χ2n) is 5.32. The molecule has 2 aromatic carbocycles. The van der Waals surface area contributed by atoms with E-state index in [4.69, 9.17) is 26.4 Å². The molecule has 0 heterocycles. The number of nitrogens with one attached hydrogen (secondary N) is 2. The van der Waals surface area contributed by atoms with Gasteiger partial charge in [-0.25, -0.2) is 0 Å². The van der Waals surface area contributed by atoms with Crippen molar-refractivity contribution in [2.45, 2.75) is 13.3 Å². The molecule has 0 aliphatic heterocycles. The van der Waals surface area contributed by atoms with Crippen molar-refractivity contribution in [2.24, 2.45) is 0 Å². The zero-order chi connectivity index (χ0) is 18.9. The van der Waals surface area contributed by atoms with Gasteiger partial charge in [0.2, 0.25) is 0 Å². The topological polar surface area (TPSA) is 68.8 Å². The van der Waals surface area contributed by atoms with Crippen LogP contribution in [-0.4, -0.2) is 31.8 Å². The van der Waals surface area contributed by atoms with Crippen molar-refractivity contribution in [3.8, 4) is 17.2 Å². The lowest BCUT2D eigenvalue weighted by atomic mass is 10.2. The Morgan fingerprint density at radius 2 is 1.77 bits per heavy atom. The minimum Gasteiger partial charge on any atom is -0.493 e. The number of ether oxygens (including phenoxy) is 3. The highest BCUT2D eigenvalue weighted by atomic mass is 32.1. The first kappa shape index (κ1) is 19.5. The van der Waals surface area contributed by atoms with Crippen molar-refractivity contribution >= 4 is 28.9 Å². The van der Waals surface area contributed by atoms with Gasteiger partial charge in [0.15, 0.2) is 16.6 Å². The van der Waals surface area contributed by atoms with Crippen LogP contribution in [0, 0.1) is 0 Å². The highest BCUT2D eigenvalue weighted by Gasteiger charge is 2.14. The van der Waals surface area contributed by atoms with Gasteiger partial charge in [-0.1, -0.05) is 19.1 Å². The van der Waals surface area contributed by atoms with Gasteiger partial charge in [-0.15, -0.1) is 0 Å². The molecule has 0 aliphatic carbocycles. The molecule has 0 radical (unpaired) electrons. The lowest BCUT2D eigenvalue weighted by Gasteiger charge is -2.14. The second kappa shape index (κ2) is 9.62. The number of thiocarbonyl (C=S) groups is 1. The normalized spacial score (nSPS) is 9.96. The Balaban J connectivity index is 2.05. The maximum atomic E-state index is 12.5. The third-order valence-electron chi connectivity index (χ3n) is 3.46. The van der Waals surface area contributed by atoms with Crippen LogP contribution >= 0.6 is 12.2 Å². The minimum atomic E-state index is -0.338. The Morgan fingerprint density at radius 3 is 2.46 bits per heavy atom. The van der Waals surface area contributed by atoms with Gasteiger partial charge in [0, 0.05) is 11.8 Å². The number of amides is 1. The van der Waals surface area contributed by atoms with Crippen molar-refractivity contribution in [3.63, 3.8) is 0 Å². The van der Waals surface area contributed by atoms with Crippen LogP contribution in [-0.2, 0) is 0 Å². The molecule has 6 nitrogen and oxygen atoms in total. The van der Waals surface area contributed by atoms with Crippen LogP contribution in [0.25, 0.3) is 0 Å². The number of anilines is 1. The highest BCUT2D eigenvalue weighted by Crippen LogP contribution is 2.29. The van der Waals surface area contributed by atoms with Crippen molar-refractivity contribution in [1.82, 2.24) is 5.32 Å². The molecule has 0 aliphatic rings. The fraction of sp³-hybridized carbons (Fsp3) is 0.263. The van der Waals surface area contributed by atoms with Crippen LogP contribution in [0.5, 0.6) is 17.2 Å². The zero-order valence-electron chi connectivity index (χ0n) is 15.0. The molecule has 0 unspecified atom stereocenters. The molecule has 138 valence electrons. The molecule has 0 saturated carbocycles. The van der Waals surface area contributed by atoms with Crippen LogP contribution in [0.3, 0.4) is 0 Å². The first-order valence-electron chi connectivity index (χ1n) is 8.15. The van der Waals surface area contributed by atoms with E-state index in [9.17, 15) is 4.79 Å². The first-order chi connectivity index (χ1) is 12.6. The number of carbonyl (C=O) groups excluding carboxylic acids is 1. The molecule has 0 aromatic heterocycles. The third-order valence-corrected chi connectivity index (χ3v) is 3.67. The lowest BCUT2D eigenvalue weighted by molar-refractivity contribution is 0.0973. The van der Waals surface area contributed by atoms with Crippen LogP contribution in [0.15, 0.2) is 42.5 Å². The van der Waals surface area contributed by atoms with E-state index < -0.39 is 0 Å². The fourth-order valence-electron chi connectivity index (χ4n) is 2.24. The van der Waals surface area contributed by atoms with Gasteiger partial charge >= 0.3 is 0 Å². The van der Waals surface area contributed by atoms with Crippen LogP contribution in [0.1, 0.15) is 23.7 Å². The molecular weight excluding hydrogens is 352 g/mol. The Bertz CT molecular complexity index is 780. The Kier molecular flexibility index (Phi) is 7.23. The monoisotopic (exact) mass is 374 g/mol. The summed E-state index contributed by atoms with van der Waals surface area (Å²) in [6.07, 6.45) is 0.856. The van der Waals surface area contributed by atoms with E-state index in [2.05, 4.69) is 10.6 Å². The van der Waals surface area contributed by atoms with Crippen LogP contribution < -0.4 is 24.8 Å². The highest BCUT2D eigenvalue weighted by molar-refractivity contribution is 7.80. The summed E-state index contributed by atoms with van der Waals surface area (Å²) in [6.45, 7) is 2.55. The number of methoxy groups -OCH3 is 2. The lowest BCUT2D eigenvalue weighted by Crippen LogP contribution is -2.34. The maximum absolute atomic E-state index is 12.5. The predicted octanol–water partition coefficient (Wildman–Crippen LogP) is 3.62. The predicted molar refractivity (Wildman–Crippen MR) is 105 cm³/mol. The van der Waals surface area contributed by atoms with Gasteiger partial charge < -0.3 is 19.5 Å². The van der Waals surface area contributed by atoms with E-state index in [1.165, 1.54) is 0 Å². The molecule has 1 amide bonds. The Labute approximate surface area is 158 Å². The molecule has 2 aromatic rings. The summed E-state index contributed by atoms with van der Waals surface area (Å²) < 4.78 is 16.1. The van der Waals surface area contributed by atoms with Crippen LogP contribution in [0.2, 0.25) is 0 Å². The number of carbonyl (C=O) groups is 1.